The van der Waals surface area contributed by atoms with E-state index in [1.54, 1.807) is 0 Å². The lowest BCUT2D eigenvalue weighted by atomic mass is 9.74. The summed E-state index contributed by atoms with van der Waals surface area (Å²) in [4.78, 5) is 27.5. The van der Waals surface area contributed by atoms with Crippen LogP contribution in [0, 0.1) is 18.3 Å². The summed E-state index contributed by atoms with van der Waals surface area (Å²) >= 11 is 0. The van der Waals surface area contributed by atoms with Gasteiger partial charge >= 0.3 is 0 Å². The number of aryl methyl sites for hydroxylation is 2. The number of piperidine rings is 1. The van der Waals surface area contributed by atoms with E-state index >= 15 is 0 Å². The highest BCUT2D eigenvalue weighted by Crippen LogP contribution is 2.48. The summed E-state index contributed by atoms with van der Waals surface area (Å²) in [5, 5.41) is 7.47. The van der Waals surface area contributed by atoms with Crippen LogP contribution in [0.2, 0.25) is 0 Å². The molecule has 0 radical (unpaired) electrons. The van der Waals surface area contributed by atoms with Gasteiger partial charge in [0.25, 0.3) is 0 Å². The van der Waals surface area contributed by atoms with Crippen molar-refractivity contribution in [3.63, 3.8) is 0 Å². The average Bonchev–Trinajstić information content (AvgIpc) is 3.34. The van der Waals surface area contributed by atoms with Crippen molar-refractivity contribution < 1.29 is 9.59 Å². The van der Waals surface area contributed by atoms with Gasteiger partial charge in [-0.05, 0) is 50.5 Å². The highest BCUT2D eigenvalue weighted by Gasteiger charge is 2.50. The van der Waals surface area contributed by atoms with Gasteiger partial charge in [0.05, 0.1) is 6.20 Å². The first-order valence-corrected chi connectivity index (χ1v) is 11.6. The summed E-state index contributed by atoms with van der Waals surface area (Å²) < 4.78 is 1.83. The Morgan fingerprint density at radius 1 is 1.21 bits per heavy atom. The minimum absolute atomic E-state index is 0.0839. The maximum Gasteiger partial charge on any atom is 0.222 e. The molecular weight excluding hydrogens is 364 g/mol. The molecule has 0 unspecified atom stereocenters. The van der Waals surface area contributed by atoms with Crippen LogP contribution in [-0.2, 0) is 16.1 Å². The van der Waals surface area contributed by atoms with Gasteiger partial charge in [-0.1, -0.05) is 25.7 Å². The third kappa shape index (κ3) is 4.67. The fourth-order valence-corrected chi connectivity index (χ4v) is 5.91. The predicted molar refractivity (Wildman–Crippen MR) is 112 cm³/mol. The van der Waals surface area contributed by atoms with Crippen molar-refractivity contribution in [3.8, 4) is 0 Å². The van der Waals surface area contributed by atoms with Gasteiger partial charge in [0.1, 0.15) is 0 Å². The molecule has 2 amide bonds. The number of hydrogen-bond acceptors (Lipinski definition) is 3. The average molecular weight is 401 g/mol. The van der Waals surface area contributed by atoms with Crippen LogP contribution in [0.1, 0.15) is 76.2 Å². The largest absolute Gasteiger partial charge is 0.355 e. The van der Waals surface area contributed by atoms with Gasteiger partial charge in [-0.2, -0.15) is 5.10 Å². The summed E-state index contributed by atoms with van der Waals surface area (Å²) in [7, 11) is 0. The first-order valence-electron chi connectivity index (χ1n) is 11.6. The predicted octanol–water partition coefficient (Wildman–Crippen LogP) is 3.44. The Morgan fingerprint density at radius 3 is 2.79 bits per heavy atom. The van der Waals surface area contributed by atoms with Crippen molar-refractivity contribution in [1.82, 2.24) is 20.0 Å². The van der Waals surface area contributed by atoms with Gasteiger partial charge in [-0.25, -0.2) is 0 Å². The van der Waals surface area contributed by atoms with Gasteiger partial charge in [0.2, 0.25) is 11.8 Å². The molecule has 0 bridgehead atoms. The fourth-order valence-electron chi connectivity index (χ4n) is 5.91. The standard InChI is InChI=1S/C23H36N4O2/c1-18-14-25-26(15-18)13-10-21(28)24-17-23-11-5-8-20(23)27(22(29)9-12-23)16-19-6-3-2-4-7-19/h14-15,19-20H,2-13,16-17H2,1H3,(H,24,28)/t20-,23+/m1/s1. The Labute approximate surface area is 174 Å². The molecule has 29 heavy (non-hydrogen) atoms. The van der Waals surface area contributed by atoms with Crippen molar-refractivity contribution in [2.75, 3.05) is 13.1 Å². The molecule has 1 N–H and O–H groups in total. The lowest BCUT2D eigenvalue weighted by Gasteiger charge is -2.47. The van der Waals surface area contributed by atoms with Crippen LogP contribution < -0.4 is 5.32 Å². The Kier molecular flexibility index (Phi) is 6.26. The number of rotatable bonds is 7. The van der Waals surface area contributed by atoms with Gasteiger partial charge in [0, 0.05) is 50.1 Å². The molecule has 1 aliphatic heterocycles. The lowest BCUT2D eigenvalue weighted by Crippen LogP contribution is -2.57. The fraction of sp³-hybridized carbons (Fsp3) is 0.783. The lowest BCUT2D eigenvalue weighted by molar-refractivity contribution is -0.143. The molecule has 2 aliphatic carbocycles. The number of carbonyl (C=O) groups excluding carboxylic acids is 2. The van der Waals surface area contributed by atoms with Crippen molar-refractivity contribution in [2.45, 2.75) is 90.1 Å². The molecular formula is C23H36N4O2. The molecule has 0 spiro atoms. The van der Waals surface area contributed by atoms with Crippen molar-refractivity contribution >= 4 is 11.8 Å². The Bertz CT molecular complexity index is 724. The normalized spacial score (nSPS) is 27.8. The van der Waals surface area contributed by atoms with Crippen molar-refractivity contribution in [2.24, 2.45) is 11.3 Å². The molecule has 0 aromatic carbocycles. The summed E-state index contributed by atoms with van der Waals surface area (Å²) in [6, 6.07) is 0.319. The molecule has 6 nitrogen and oxygen atoms in total. The van der Waals surface area contributed by atoms with Crippen LogP contribution in [0.4, 0.5) is 0 Å². The van der Waals surface area contributed by atoms with E-state index in [4.69, 9.17) is 0 Å². The second kappa shape index (κ2) is 8.88. The van der Waals surface area contributed by atoms with Gasteiger partial charge < -0.3 is 10.2 Å². The number of aromatic nitrogens is 2. The highest BCUT2D eigenvalue weighted by atomic mass is 16.2. The van der Waals surface area contributed by atoms with Crippen LogP contribution in [-0.4, -0.2) is 45.6 Å². The quantitative estimate of drug-likeness (QED) is 0.762. The summed E-state index contributed by atoms with van der Waals surface area (Å²) in [6.45, 7) is 4.27. The molecule has 4 rings (SSSR count). The topological polar surface area (TPSA) is 67.2 Å². The summed E-state index contributed by atoms with van der Waals surface area (Å²) in [6.07, 6.45) is 15.7. The van der Waals surface area contributed by atoms with E-state index in [9.17, 15) is 9.59 Å². The minimum Gasteiger partial charge on any atom is -0.355 e. The number of amides is 2. The number of likely N-dealkylation sites (tertiary alicyclic amines) is 1. The third-order valence-corrected chi connectivity index (χ3v) is 7.54. The Balaban J connectivity index is 1.34. The zero-order valence-corrected chi connectivity index (χ0v) is 17.9. The molecule has 3 aliphatic rings. The number of hydrogen-bond donors (Lipinski definition) is 1. The molecule has 2 saturated carbocycles. The van der Waals surface area contributed by atoms with Crippen LogP contribution in [0.5, 0.6) is 0 Å². The smallest absolute Gasteiger partial charge is 0.222 e. The number of nitrogens with zero attached hydrogens (tertiary/aromatic N) is 3. The maximum absolute atomic E-state index is 12.8. The third-order valence-electron chi connectivity index (χ3n) is 7.54. The number of carbonyl (C=O) groups is 2. The number of nitrogens with one attached hydrogen (secondary N) is 1. The van der Waals surface area contributed by atoms with Crippen LogP contribution in [0.25, 0.3) is 0 Å². The van der Waals surface area contributed by atoms with Gasteiger partial charge in [-0.15, -0.1) is 0 Å². The van der Waals surface area contributed by atoms with E-state index in [1.165, 1.54) is 38.5 Å². The zero-order valence-electron chi connectivity index (χ0n) is 17.9. The van der Waals surface area contributed by atoms with Crippen LogP contribution in [0.15, 0.2) is 12.4 Å². The van der Waals surface area contributed by atoms with E-state index < -0.39 is 0 Å². The van der Waals surface area contributed by atoms with Gasteiger partial charge in [-0.3, -0.25) is 14.3 Å². The van der Waals surface area contributed by atoms with E-state index in [0.29, 0.717) is 43.8 Å². The van der Waals surface area contributed by atoms with E-state index in [2.05, 4.69) is 15.3 Å². The molecule has 3 fully saturated rings. The molecule has 1 aromatic heterocycles. The first-order chi connectivity index (χ1) is 14.1. The van der Waals surface area contributed by atoms with Crippen molar-refractivity contribution in [1.29, 1.82) is 0 Å². The highest BCUT2D eigenvalue weighted by molar-refractivity contribution is 5.78. The van der Waals surface area contributed by atoms with E-state index in [-0.39, 0.29) is 11.3 Å². The van der Waals surface area contributed by atoms with E-state index in [0.717, 1.165) is 31.4 Å². The number of fused-ring (bicyclic) bond motifs is 1. The zero-order chi connectivity index (χ0) is 20.3. The molecule has 2 atom stereocenters. The molecule has 2 heterocycles. The Morgan fingerprint density at radius 2 is 2.03 bits per heavy atom. The summed E-state index contributed by atoms with van der Waals surface area (Å²) in [5.74, 6) is 1.11. The first kappa shape index (κ1) is 20.4. The van der Waals surface area contributed by atoms with Crippen LogP contribution >= 0.6 is 0 Å². The maximum atomic E-state index is 12.8. The second-order valence-corrected chi connectivity index (χ2v) is 9.63. The monoisotopic (exact) mass is 400 g/mol. The molecule has 6 heteroatoms. The molecule has 1 saturated heterocycles. The van der Waals surface area contributed by atoms with Crippen LogP contribution in [0.3, 0.4) is 0 Å². The van der Waals surface area contributed by atoms with Gasteiger partial charge in [0.15, 0.2) is 0 Å². The molecule has 160 valence electrons. The molecule has 1 aromatic rings. The SMILES string of the molecule is Cc1cnn(CCC(=O)NC[C@@]23CCC[C@H]2N(CC2CCCCC2)C(=O)CC3)c1. The summed E-state index contributed by atoms with van der Waals surface area (Å²) in [5.41, 5.74) is 1.20. The van der Waals surface area contributed by atoms with E-state index in [1.807, 2.05) is 24.0 Å². The van der Waals surface area contributed by atoms with Crippen molar-refractivity contribution in [3.05, 3.63) is 18.0 Å². The second-order valence-electron chi connectivity index (χ2n) is 9.63. The Hall–Kier alpha value is -1.85. The minimum atomic E-state index is 0.0839.